The van der Waals surface area contributed by atoms with Crippen molar-refractivity contribution in [3.05, 3.63) is 44.3 Å². The molecule has 0 saturated heterocycles. The number of carbonyl (C=O) groups is 1. The van der Waals surface area contributed by atoms with E-state index in [1.165, 1.54) is 6.08 Å². The smallest absolute Gasteiger partial charge is 0 e. The van der Waals surface area contributed by atoms with Crippen molar-refractivity contribution in [2.24, 2.45) is 5.92 Å². The van der Waals surface area contributed by atoms with Gasteiger partial charge < -0.3 is 5.11 Å². The van der Waals surface area contributed by atoms with Crippen LogP contribution in [0.3, 0.4) is 0 Å². The summed E-state index contributed by atoms with van der Waals surface area (Å²) in [4.78, 5) is 11.1. The third-order valence-corrected chi connectivity index (χ3v) is 2.24. The molecule has 5 nitrogen and oxygen atoms in total. The average molecular weight is 306 g/mol. The van der Waals surface area contributed by atoms with E-state index in [1.54, 1.807) is 18.2 Å². The van der Waals surface area contributed by atoms with Gasteiger partial charge in [-0.1, -0.05) is 32.1 Å². The van der Waals surface area contributed by atoms with Crippen molar-refractivity contribution in [1.29, 1.82) is 0 Å². The summed E-state index contributed by atoms with van der Waals surface area (Å²) in [5.41, 5.74) is -0.958. The van der Waals surface area contributed by atoms with E-state index < -0.39 is 5.60 Å². The first-order chi connectivity index (χ1) is 8.54. The summed E-state index contributed by atoms with van der Waals surface area (Å²) in [7, 11) is 0. The molecule has 0 aliphatic heterocycles. The van der Waals surface area contributed by atoms with Gasteiger partial charge in [-0.15, -0.1) is 0 Å². The molecule has 1 N–H and O–H groups in total. The molecule has 0 heterocycles. The first-order valence-corrected chi connectivity index (χ1v) is 4.77. The van der Waals surface area contributed by atoms with Crippen LogP contribution in [0.1, 0.15) is 20.3 Å². The molecular weight excluding hydrogens is 292 g/mol. The van der Waals surface area contributed by atoms with Gasteiger partial charge in [0.25, 0.3) is 0 Å². The van der Waals surface area contributed by atoms with Crippen LogP contribution < -0.4 is 0 Å². The summed E-state index contributed by atoms with van der Waals surface area (Å²) in [6.07, 6.45) is 6.78. The maximum atomic E-state index is 11.1. The Kier molecular flexibility index (Phi) is 23.4. The SMILES string of the molecule is CC(C)C1(O)C=CC=CC(=O)C1.[C-]#[O+].[C-]#[O+].[C-]#[O+].[Fe]. The maximum absolute atomic E-state index is 11.1. The van der Waals surface area contributed by atoms with Crippen LogP contribution in [-0.4, -0.2) is 16.5 Å². The Labute approximate surface area is 123 Å². The van der Waals surface area contributed by atoms with Crippen molar-refractivity contribution in [3.63, 3.8) is 0 Å². The molecule has 1 rings (SSSR count). The van der Waals surface area contributed by atoms with Gasteiger partial charge in [0.05, 0.1) is 5.60 Å². The Balaban J connectivity index is -0.000000142. The molecule has 0 radical (unpaired) electrons. The normalized spacial score (nSPS) is 18.9. The third-order valence-electron chi connectivity index (χ3n) is 2.24. The molecule has 0 aromatic carbocycles. The van der Waals surface area contributed by atoms with Crippen LogP contribution in [-0.2, 0) is 35.8 Å². The Hall–Kier alpha value is -1.15. The average Bonchev–Trinajstić information content (AvgIpc) is 2.58. The zero-order valence-corrected chi connectivity index (χ0v) is 11.6. The molecule has 6 heteroatoms. The summed E-state index contributed by atoms with van der Waals surface area (Å²) >= 11 is 0. The second kappa shape index (κ2) is 16.8. The second-order valence-corrected chi connectivity index (χ2v) is 3.51. The van der Waals surface area contributed by atoms with Crippen molar-refractivity contribution >= 4 is 5.78 Å². The molecule has 19 heavy (non-hydrogen) atoms. The molecule has 1 aliphatic rings. The zero-order chi connectivity index (χ0) is 15.2. The molecule has 0 spiro atoms. The van der Waals surface area contributed by atoms with Crippen molar-refractivity contribution in [1.82, 2.24) is 0 Å². The van der Waals surface area contributed by atoms with Gasteiger partial charge in [-0.2, -0.15) is 0 Å². The predicted octanol–water partition coefficient (Wildman–Crippen LogP) is 1.34. The largest absolute Gasteiger partial charge is 0 e. The predicted molar refractivity (Wildman–Crippen MR) is 59.5 cm³/mol. The standard InChI is InChI=1S/C10H14O2.3CO.Fe/c1-8(2)10(12)6-4-3-5-9(11)7-10;3*1-2;/h3-6,8,12H,7H2,1-2H3;;;;. The molecule has 1 unspecified atom stereocenters. The van der Waals surface area contributed by atoms with Crippen LogP contribution in [0.4, 0.5) is 0 Å². The van der Waals surface area contributed by atoms with Gasteiger partial charge in [-0.25, -0.2) is 0 Å². The second-order valence-electron chi connectivity index (χ2n) is 3.51. The van der Waals surface area contributed by atoms with Gasteiger partial charge >= 0.3 is 33.9 Å². The first kappa shape index (κ1) is 26.4. The minimum absolute atomic E-state index is 0. The van der Waals surface area contributed by atoms with Crippen molar-refractivity contribution < 1.29 is 40.9 Å². The Morgan fingerprint density at radius 1 is 1.16 bits per heavy atom. The summed E-state index contributed by atoms with van der Waals surface area (Å²) in [5, 5.41) is 9.95. The minimum atomic E-state index is -0.958. The zero-order valence-electron chi connectivity index (χ0n) is 10.5. The van der Waals surface area contributed by atoms with Gasteiger partial charge in [0, 0.05) is 23.5 Å². The number of allylic oxidation sites excluding steroid dienone is 3. The molecule has 1 aliphatic carbocycles. The van der Waals surface area contributed by atoms with E-state index in [4.69, 9.17) is 14.0 Å². The van der Waals surface area contributed by atoms with E-state index in [0.717, 1.165) is 0 Å². The molecule has 104 valence electrons. The van der Waals surface area contributed by atoms with Gasteiger partial charge in [0.2, 0.25) is 0 Å². The van der Waals surface area contributed by atoms with Crippen molar-refractivity contribution in [2.75, 3.05) is 0 Å². The van der Waals surface area contributed by atoms with E-state index in [9.17, 15) is 9.90 Å². The van der Waals surface area contributed by atoms with Crippen LogP contribution >= 0.6 is 0 Å². The number of aliphatic hydroxyl groups is 1. The topological polar surface area (TPSA) is 97.0 Å². The quantitative estimate of drug-likeness (QED) is 0.449. The fourth-order valence-electron chi connectivity index (χ4n) is 1.18. The van der Waals surface area contributed by atoms with Crippen LogP contribution in [0.2, 0.25) is 0 Å². The van der Waals surface area contributed by atoms with E-state index >= 15 is 0 Å². The third kappa shape index (κ3) is 11.7. The van der Waals surface area contributed by atoms with Crippen LogP contribution in [0.15, 0.2) is 24.3 Å². The summed E-state index contributed by atoms with van der Waals surface area (Å²) in [5.74, 6) is 0.0498. The summed E-state index contributed by atoms with van der Waals surface area (Å²) in [6.45, 7) is 17.3. The van der Waals surface area contributed by atoms with Crippen molar-refractivity contribution in [3.8, 4) is 0 Å². The number of rotatable bonds is 1. The first-order valence-electron chi connectivity index (χ1n) is 4.77. The monoisotopic (exact) mass is 306 g/mol. The molecule has 0 aromatic rings. The Bertz CT molecular complexity index is 338. The van der Waals surface area contributed by atoms with Crippen LogP contribution in [0.5, 0.6) is 0 Å². The summed E-state index contributed by atoms with van der Waals surface area (Å²) in [6, 6.07) is 0. The fourth-order valence-corrected chi connectivity index (χ4v) is 1.18. The van der Waals surface area contributed by atoms with Crippen LogP contribution in [0.25, 0.3) is 0 Å². The number of carbonyl (C=O) groups excluding carboxylic acids is 1. The maximum Gasteiger partial charge on any atom is 0 e. The van der Waals surface area contributed by atoms with Crippen LogP contribution in [0, 0.1) is 25.9 Å². The number of ketones is 1. The van der Waals surface area contributed by atoms with Gasteiger partial charge in [-0.05, 0) is 12.0 Å². The molecule has 1 atom stereocenters. The summed E-state index contributed by atoms with van der Waals surface area (Å²) < 4.78 is 22.5. The van der Waals surface area contributed by atoms with Gasteiger partial charge in [-0.3, -0.25) is 4.79 Å². The molecule has 0 fully saturated rings. The molecule has 0 aromatic heterocycles. The van der Waals surface area contributed by atoms with E-state index in [0.29, 0.717) is 0 Å². The molecule has 0 amide bonds. The number of hydrogen-bond donors (Lipinski definition) is 1. The van der Waals surface area contributed by atoms with E-state index in [2.05, 4.69) is 20.0 Å². The molecule has 0 saturated carbocycles. The fraction of sp³-hybridized carbons (Fsp3) is 0.385. The number of hydrogen-bond acceptors (Lipinski definition) is 2. The van der Waals surface area contributed by atoms with E-state index in [1.807, 2.05) is 13.8 Å². The van der Waals surface area contributed by atoms with E-state index in [-0.39, 0.29) is 35.2 Å². The van der Waals surface area contributed by atoms with Gasteiger partial charge in [0.1, 0.15) is 0 Å². The molecule has 0 bridgehead atoms. The minimum Gasteiger partial charge on any atom is 0 e. The Morgan fingerprint density at radius 2 is 1.58 bits per heavy atom. The van der Waals surface area contributed by atoms with Crippen molar-refractivity contribution in [2.45, 2.75) is 25.9 Å². The molecular formula is C13H14FeO5. The Morgan fingerprint density at radius 3 is 1.95 bits per heavy atom. The van der Waals surface area contributed by atoms with Gasteiger partial charge in [0.15, 0.2) is 5.78 Å².